The Hall–Kier alpha value is -1.67. The van der Waals surface area contributed by atoms with Crippen LogP contribution in [0.4, 0.5) is 0 Å². The topological polar surface area (TPSA) is 94.0 Å². The summed E-state index contributed by atoms with van der Waals surface area (Å²) in [5, 5.41) is 0. The zero-order valence-corrected chi connectivity index (χ0v) is 16.3. The highest BCUT2D eigenvalue weighted by Crippen LogP contribution is 2.30. The van der Waals surface area contributed by atoms with Gasteiger partial charge in [-0.1, -0.05) is 39.0 Å². The van der Waals surface area contributed by atoms with E-state index in [0.717, 1.165) is 11.3 Å². The number of likely N-dealkylation sites (N-methyl/N-ethyl adjacent to an activating group) is 1. The summed E-state index contributed by atoms with van der Waals surface area (Å²) in [5.41, 5.74) is 13.2. The first-order valence-corrected chi connectivity index (χ1v) is 9.03. The maximum absolute atomic E-state index is 12.6. The van der Waals surface area contributed by atoms with Crippen LogP contribution in [0.2, 0.25) is 0 Å². The molecule has 2 atom stereocenters. The SMILES string of the molecule is CN(CCOc1ccccc1C(C)(C)C)C(=O)C(N)N1CCOCC1N. The standard InChI is InChI=1S/C19H32N4O3/c1-19(2,3)14-7-5-6-8-15(14)26-12-9-22(4)18(24)17(21)23-10-11-25-13-16(23)20/h5-8,16-17H,9-13,20-21H2,1-4H3. The average molecular weight is 364 g/mol. The summed E-state index contributed by atoms with van der Waals surface area (Å²) >= 11 is 0. The molecule has 1 amide bonds. The number of hydrogen-bond acceptors (Lipinski definition) is 6. The van der Waals surface area contributed by atoms with Crippen molar-refractivity contribution in [3.05, 3.63) is 29.8 Å². The first-order chi connectivity index (χ1) is 12.2. The Morgan fingerprint density at radius 3 is 2.77 bits per heavy atom. The number of morpholine rings is 1. The predicted octanol–water partition coefficient (Wildman–Crippen LogP) is 0.723. The number of nitrogens with zero attached hydrogens (tertiary/aromatic N) is 2. The maximum atomic E-state index is 12.6. The molecule has 1 saturated heterocycles. The Morgan fingerprint density at radius 2 is 2.12 bits per heavy atom. The fraction of sp³-hybridized carbons (Fsp3) is 0.632. The maximum Gasteiger partial charge on any atom is 0.254 e. The molecule has 2 rings (SSSR count). The molecule has 0 aliphatic carbocycles. The second kappa shape index (κ2) is 8.81. The molecule has 1 fully saturated rings. The molecule has 0 bridgehead atoms. The van der Waals surface area contributed by atoms with Gasteiger partial charge in [-0.25, -0.2) is 0 Å². The predicted molar refractivity (Wildman–Crippen MR) is 102 cm³/mol. The third-order valence-corrected chi connectivity index (χ3v) is 4.57. The highest BCUT2D eigenvalue weighted by atomic mass is 16.5. The first-order valence-electron chi connectivity index (χ1n) is 9.03. The van der Waals surface area contributed by atoms with Crippen LogP contribution in [-0.2, 0) is 14.9 Å². The Labute approximate surface area is 156 Å². The van der Waals surface area contributed by atoms with E-state index in [1.165, 1.54) is 0 Å². The Bertz CT molecular complexity index is 603. The van der Waals surface area contributed by atoms with Crippen molar-refractivity contribution < 1.29 is 14.3 Å². The van der Waals surface area contributed by atoms with Crippen LogP contribution in [0.15, 0.2) is 24.3 Å². The van der Waals surface area contributed by atoms with Crippen molar-refractivity contribution in [1.82, 2.24) is 9.80 Å². The van der Waals surface area contributed by atoms with Gasteiger partial charge in [0, 0.05) is 13.6 Å². The molecule has 0 spiro atoms. The van der Waals surface area contributed by atoms with Crippen molar-refractivity contribution in [1.29, 1.82) is 0 Å². The Kier molecular flexibility index (Phi) is 7.00. The lowest BCUT2D eigenvalue weighted by molar-refractivity contribution is -0.139. The van der Waals surface area contributed by atoms with Gasteiger partial charge in [-0.05, 0) is 17.0 Å². The van der Waals surface area contributed by atoms with E-state index in [9.17, 15) is 4.79 Å². The molecular weight excluding hydrogens is 332 g/mol. The molecule has 1 aromatic carbocycles. The van der Waals surface area contributed by atoms with Crippen molar-refractivity contribution in [2.75, 3.05) is 40.0 Å². The summed E-state index contributed by atoms with van der Waals surface area (Å²) in [4.78, 5) is 15.9. The summed E-state index contributed by atoms with van der Waals surface area (Å²) < 4.78 is 11.2. The van der Waals surface area contributed by atoms with Gasteiger partial charge in [0.15, 0.2) is 0 Å². The number of hydrogen-bond donors (Lipinski definition) is 2. The van der Waals surface area contributed by atoms with E-state index in [4.69, 9.17) is 20.9 Å². The van der Waals surface area contributed by atoms with Crippen molar-refractivity contribution in [3.8, 4) is 5.75 Å². The highest BCUT2D eigenvalue weighted by molar-refractivity contribution is 5.81. The lowest BCUT2D eigenvalue weighted by Gasteiger charge is -2.37. The van der Waals surface area contributed by atoms with Crippen molar-refractivity contribution in [3.63, 3.8) is 0 Å². The second-order valence-electron chi connectivity index (χ2n) is 7.68. The molecule has 7 heteroatoms. The van der Waals surface area contributed by atoms with Gasteiger partial charge >= 0.3 is 0 Å². The quantitative estimate of drug-likeness (QED) is 0.773. The van der Waals surface area contributed by atoms with E-state index in [1.54, 1.807) is 16.8 Å². The normalized spacial score (nSPS) is 19.8. The molecule has 1 aliphatic rings. The molecule has 0 aromatic heterocycles. The number of nitrogens with two attached hydrogens (primary N) is 2. The number of para-hydroxylation sites is 1. The number of benzene rings is 1. The van der Waals surface area contributed by atoms with Crippen LogP contribution in [0.5, 0.6) is 5.75 Å². The second-order valence-corrected chi connectivity index (χ2v) is 7.68. The molecule has 146 valence electrons. The smallest absolute Gasteiger partial charge is 0.254 e. The van der Waals surface area contributed by atoms with Gasteiger partial charge in [0.25, 0.3) is 5.91 Å². The fourth-order valence-electron chi connectivity index (χ4n) is 2.96. The van der Waals surface area contributed by atoms with Crippen LogP contribution in [0.25, 0.3) is 0 Å². The number of carbonyl (C=O) groups excluding carboxylic acids is 1. The van der Waals surface area contributed by atoms with Gasteiger partial charge in [-0.2, -0.15) is 0 Å². The molecule has 1 heterocycles. The zero-order chi connectivity index (χ0) is 19.3. The van der Waals surface area contributed by atoms with E-state index in [-0.39, 0.29) is 17.5 Å². The van der Waals surface area contributed by atoms with E-state index in [1.807, 2.05) is 18.2 Å². The van der Waals surface area contributed by atoms with Crippen LogP contribution in [0.1, 0.15) is 26.3 Å². The van der Waals surface area contributed by atoms with Crippen molar-refractivity contribution >= 4 is 5.91 Å². The fourth-order valence-corrected chi connectivity index (χ4v) is 2.96. The van der Waals surface area contributed by atoms with Crippen LogP contribution in [-0.4, -0.2) is 68.0 Å². The summed E-state index contributed by atoms with van der Waals surface area (Å²) in [6, 6.07) is 7.99. The monoisotopic (exact) mass is 364 g/mol. The van der Waals surface area contributed by atoms with Gasteiger partial charge in [0.2, 0.25) is 0 Å². The summed E-state index contributed by atoms with van der Waals surface area (Å²) in [5.74, 6) is 0.676. The lowest BCUT2D eigenvalue weighted by Crippen LogP contribution is -2.62. The number of carbonyl (C=O) groups is 1. The van der Waals surface area contributed by atoms with Gasteiger partial charge < -0.3 is 25.8 Å². The summed E-state index contributed by atoms with van der Waals surface area (Å²) in [7, 11) is 1.73. The van der Waals surface area contributed by atoms with Gasteiger partial charge in [0.1, 0.15) is 18.5 Å². The molecular formula is C19H32N4O3. The van der Waals surface area contributed by atoms with E-state index in [2.05, 4.69) is 26.8 Å². The Morgan fingerprint density at radius 1 is 1.42 bits per heavy atom. The zero-order valence-electron chi connectivity index (χ0n) is 16.3. The number of rotatable bonds is 6. The van der Waals surface area contributed by atoms with Crippen molar-refractivity contribution in [2.45, 2.75) is 38.5 Å². The highest BCUT2D eigenvalue weighted by Gasteiger charge is 2.30. The molecule has 2 unspecified atom stereocenters. The van der Waals surface area contributed by atoms with Crippen LogP contribution < -0.4 is 16.2 Å². The molecule has 1 aromatic rings. The van der Waals surface area contributed by atoms with Crippen molar-refractivity contribution in [2.24, 2.45) is 11.5 Å². The third kappa shape index (κ3) is 5.17. The minimum atomic E-state index is -0.763. The van der Waals surface area contributed by atoms with Crippen LogP contribution in [0.3, 0.4) is 0 Å². The van der Waals surface area contributed by atoms with E-state index >= 15 is 0 Å². The minimum Gasteiger partial charge on any atom is -0.491 e. The molecule has 1 aliphatic heterocycles. The average Bonchev–Trinajstić information content (AvgIpc) is 2.60. The lowest BCUT2D eigenvalue weighted by atomic mass is 9.86. The van der Waals surface area contributed by atoms with E-state index in [0.29, 0.717) is 32.9 Å². The summed E-state index contributed by atoms with van der Waals surface area (Å²) in [6.07, 6.45) is -1.12. The molecule has 26 heavy (non-hydrogen) atoms. The largest absolute Gasteiger partial charge is 0.491 e. The minimum absolute atomic E-state index is 0.00681. The number of amides is 1. The third-order valence-electron chi connectivity index (χ3n) is 4.57. The molecule has 7 nitrogen and oxygen atoms in total. The molecule has 0 radical (unpaired) electrons. The Balaban J connectivity index is 1.89. The summed E-state index contributed by atoms with van der Waals surface area (Å²) in [6.45, 7) is 8.77. The molecule has 0 saturated carbocycles. The molecule has 4 N–H and O–H groups in total. The van der Waals surface area contributed by atoms with Gasteiger partial charge in [-0.3, -0.25) is 9.69 Å². The van der Waals surface area contributed by atoms with Gasteiger partial charge in [-0.15, -0.1) is 0 Å². The van der Waals surface area contributed by atoms with E-state index < -0.39 is 6.17 Å². The van der Waals surface area contributed by atoms with Crippen LogP contribution in [0, 0.1) is 0 Å². The first kappa shape index (κ1) is 20.6. The van der Waals surface area contributed by atoms with Gasteiger partial charge in [0.05, 0.1) is 25.9 Å². The van der Waals surface area contributed by atoms with Crippen LogP contribution >= 0.6 is 0 Å². The number of ether oxygens (including phenoxy) is 2.